The van der Waals surface area contributed by atoms with E-state index in [2.05, 4.69) is 45.0 Å². The fourth-order valence-corrected chi connectivity index (χ4v) is 2.64. The summed E-state index contributed by atoms with van der Waals surface area (Å²) in [5.74, 6) is 0. The Morgan fingerprint density at radius 2 is 1.62 bits per heavy atom. The van der Waals surface area contributed by atoms with Crippen molar-refractivity contribution in [2.45, 2.75) is 26.2 Å². The Hall–Kier alpha value is -2.35. The zero-order valence-electron chi connectivity index (χ0n) is 12.7. The first kappa shape index (κ1) is 13.6. The van der Waals surface area contributed by atoms with E-state index >= 15 is 0 Å². The molecule has 0 spiro atoms. The second-order valence-corrected chi connectivity index (χ2v) is 6.41. The normalized spacial score (nSPS) is 11.8. The van der Waals surface area contributed by atoms with Crippen LogP contribution in [-0.4, -0.2) is 4.98 Å². The van der Waals surface area contributed by atoms with Crippen molar-refractivity contribution < 1.29 is 0 Å². The van der Waals surface area contributed by atoms with Crippen LogP contribution in [-0.2, 0) is 5.41 Å². The highest BCUT2D eigenvalue weighted by Crippen LogP contribution is 2.33. The molecule has 106 valence electrons. The van der Waals surface area contributed by atoms with Crippen molar-refractivity contribution in [3.63, 3.8) is 0 Å². The number of nitrogens with two attached hydrogens (primary N) is 1. The monoisotopic (exact) mass is 276 g/mol. The molecular weight excluding hydrogens is 256 g/mol. The number of benzene rings is 2. The predicted octanol–water partition coefficient (Wildman–Crippen LogP) is 4.78. The maximum atomic E-state index is 6.27. The number of para-hydroxylation sites is 1. The molecule has 2 heteroatoms. The molecule has 0 aliphatic heterocycles. The van der Waals surface area contributed by atoms with Crippen molar-refractivity contribution in [3.8, 4) is 11.3 Å². The molecule has 0 fully saturated rings. The van der Waals surface area contributed by atoms with Gasteiger partial charge in [-0.25, -0.2) is 4.98 Å². The molecule has 0 radical (unpaired) electrons. The molecule has 2 N–H and O–H groups in total. The Morgan fingerprint density at radius 1 is 0.905 bits per heavy atom. The van der Waals surface area contributed by atoms with Crippen molar-refractivity contribution >= 4 is 16.6 Å². The Kier molecular flexibility index (Phi) is 3.17. The molecule has 0 saturated carbocycles. The molecule has 3 rings (SSSR count). The van der Waals surface area contributed by atoms with Crippen LogP contribution >= 0.6 is 0 Å². The maximum absolute atomic E-state index is 6.27. The van der Waals surface area contributed by atoms with Gasteiger partial charge in [-0.1, -0.05) is 69.3 Å². The molecule has 0 bridgehead atoms. The van der Waals surface area contributed by atoms with Gasteiger partial charge in [0.05, 0.1) is 11.2 Å². The van der Waals surface area contributed by atoms with Crippen molar-refractivity contribution in [1.82, 2.24) is 4.98 Å². The van der Waals surface area contributed by atoms with Crippen LogP contribution in [0.25, 0.3) is 22.2 Å². The molecule has 0 unspecified atom stereocenters. The lowest BCUT2D eigenvalue weighted by molar-refractivity contribution is 0.594. The minimum Gasteiger partial charge on any atom is -0.398 e. The number of rotatable bonds is 1. The molecule has 2 nitrogen and oxygen atoms in total. The molecule has 0 saturated heterocycles. The lowest BCUT2D eigenvalue weighted by atomic mass is 9.85. The topological polar surface area (TPSA) is 38.9 Å². The molecule has 0 aliphatic carbocycles. The minimum absolute atomic E-state index is 0.0360. The van der Waals surface area contributed by atoms with Gasteiger partial charge < -0.3 is 5.73 Å². The lowest BCUT2D eigenvalue weighted by Gasteiger charge is -2.21. The zero-order chi connectivity index (χ0) is 15.0. The van der Waals surface area contributed by atoms with E-state index in [0.29, 0.717) is 0 Å². The SMILES string of the molecule is CC(C)(C)c1cccc2c(N)cc(-c3ccccc3)nc12. The van der Waals surface area contributed by atoms with Crippen LogP contribution in [0.2, 0.25) is 0 Å². The number of aromatic nitrogens is 1. The van der Waals surface area contributed by atoms with Gasteiger partial charge in [-0.15, -0.1) is 0 Å². The Labute approximate surface area is 125 Å². The van der Waals surface area contributed by atoms with Gasteiger partial charge in [0.15, 0.2) is 0 Å². The average Bonchev–Trinajstić information content (AvgIpc) is 2.46. The number of nitrogens with zero attached hydrogens (tertiary/aromatic N) is 1. The molecule has 1 heterocycles. The smallest absolute Gasteiger partial charge is 0.0767 e. The number of hydrogen-bond acceptors (Lipinski definition) is 2. The van der Waals surface area contributed by atoms with Crippen molar-refractivity contribution in [2.24, 2.45) is 0 Å². The summed E-state index contributed by atoms with van der Waals surface area (Å²) in [5.41, 5.74) is 11.3. The van der Waals surface area contributed by atoms with Gasteiger partial charge in [-0.3, -0.25) is 0 Å². The average molecular weight is 276 g/mol. The summed E-state index contributed by atoms with van der Waals surface area (Å²) in [4.78, 5) is 4.89. The van der Waals surface area contributed by atoms with Gasteiger partial charge in [-0.05, 0) is 17.0 Å². The third kappa shape index (κ3) is 2.49. The summed E-state index contributed by atoms with van der Waals surface area (Å²) in [7, 11) is 0. The summed E-state index contributed by atoms with van der Waals surface area (Å²) >= 11 is 0. The van der Waals surface area contributed by atoms with E-state index < -0.39 is 0 Å². The second-order valence-electron chi connectivity index (χ2n) is 6.41. The van der Waals surface area contributed by atoms with Crippen LogP contribution in [0.5, 0.6) is 0 Å². The van der Waals surface area contributed by atoms with Crippen LogP contribution < -0.4 is 5.73 Å². The van der Waals surface area contributed by atoms with Crippen LogP contribution in [0.15, 0.2) is 54.6 Å². The molecule has 21 heavy (non-hydrogen) atoms. The molecule has 2 aromatic carbocycles. The highest BCUT2D eigenvalue weighted by Gasteiger charge is 2.19. The molecule has 0 amide bonds. The van der Waals surface area contributed by atoms with E-state index in [4.69, 9.17) is 10.7 Å². The highest BCUT2D eigenvalue weighted by atomic mass is 14.7. The lowest BCUT2D eigenvalue weighted by Crippen LogP contribution is -2.12. The minimum atomic E-state index is 0.0360. The first-order valence-electron chi connectivity index (χ1n) is 7.22. The van der Waals surface area contributed by atoms with Gasteiger partial charge in [0.25, 0.3) is 0 Å². The second kappa shape index (κ2) is 4.88. The highest BCUT2D eigenvalue weighted by molar-refractivity contribution is 5.95. The van der Waals surface area contributed by atoms with Crippen molar-refractivity contribution in [2.75, 3.05) is 5.73 Å². The first-order valence-corrected chi connectivity index (χ1v) is 7.22. The largest absolute Gasteiger partial charge is 0.398 e. The summed E-state index contributed by atoms with van der Waals surface area (Å²) in [6.45, 7) is 6.61. The van der Waals surface area contributed by atoms with Crippen LogP contribution in [0.1, 0.15) is 26.3 Å². The number of anilines is 1. The Bertz CT molecular complexity index is 784. The summed E-state index contributed by atoms with van der Waals surface area (Å²) in [6.07, 6.45) is 0. The summed E-state index contributed by atoms with van der Waals surface area (Å²) < 4.78 is 0. The Balaban J connectivity index is 2.32. The van der Waals surface area contributed by atoms with Gasteiger partial charge >= 0.3 is 0 Å². The molecule has 0 aliphatic rings. The van der Waals surface area contributed by atoms with Gasteiger partial charge in [-0.2, -0.15) is 0 Å². The number of hydrogen-bond donors (Lipinski definition) is 1. The van der Waals surface area contributed by atoms with Gasteiger partial charge in [0.2, 0.25) is 0 Å². The van der Waals surface area contributed by atoms with Gasteiger partial charge in [0.1, 0.15) is 0 Å². The van der Waals surface area contributed by atoms with Crippen molar-refractivity contribution in [3.05, 3.63) is 60.2 Å². The predicted molar refractivity (Wildman–Crippen MR) is 90.3 cm³/mol. The standard InChI is InChI=1S/C19H20N2/c1-19(2,3)15-11-7-10-14-16(20)12-17(21-18(14)15)13-8-5-4-6-9-13/h4-12H,1-3H3,(H2,20,21). The number of fused-ring (bicyclic) bond motifs is 1. The van der Waals surface area contributed by atoms with Crippen LogP contribution in [0.4, 0.5) is 5.69 Å². The van der Waals surface area contributed by atoms with E-state index in [-0.39, 0.29) is 5.41 Å². The van der Waals surface area contributed by atoms with E-state index in [1.54, 1.807) is 0 Å². The third-order valence-corrected chi connectivity index (χ3v) is 3.75. The Morgan fingerprint density at radius 3 is 2.29 bits per heavy atom. The van der Waals surface area contributed by atoms with E-state index in [1.807, 2.05) is 30.3 Å². The fourth-order valence-electron chi connectivity index (χ4n) is 2.64. The first-order chi connectivity index (χ1) is 9.97. The summed E-state index contributed by atoms with van der Waals surface area (Å²) in [6, 6.07) is 18.4. The maximum Gasteiger partial charge on any atom is 0.0767 e. The number of nitrogen functional groups attached to an aromatic ring is 1. The zero-order valence-corrected chi connectivity index (χ0v) is 12.7. The van der Waals surface area contributed by atoms with E-state index in [0.717, 1.165) is 27.8 Å². The summed E-state index contributed by atoms with van der Waals surface area (Å²) in [5, 5.41) is 1.03. The van der Waals surface area contributed by atoms with E-state index in [1.165, 1.54) is 5.56 Å². The van der Waals surface area contributed by atoms with Crippen molar-refractivity contribution in [1.29, 1.82) is 0 Å². The quantitative estimate of drug-likeness (QED) is 0.694. The fraction of sp³-hybridized carbons (Fsp3) is 0.211. The van der Waals surface area contributed by atoms with Crippen LogP contribution in [0.3, 0.4) is 0 Å². The molecule has 0 atom stereocenters. The van der Waals surface area contributed by atoms with Gasteiger partial charge in [0, 0.05) is 16.6 Å². The third-order valence-electron chi connectivity index (χ3n) is 3.75. The molecule has 1 aromatic heterocycles. The van der Waals surface area contributed by atoms with E-state index in [9.17, 15) is 0 Å². The molecule has 3 aromatic rings. The number of pyridine rings is 1. The molecular formula is C19H20N2. The van der Waals surface area contributed by atoms with Crippen LogP contribution in [0, 0.1) is 0 Å².